The molecule has 1 saturated carbocycles. The van der Waals surface area contributed by atoms with Gasteiger partial charge in [0, 0.05) is 19.3 Å². The van der Waals surface area contributed by atoms with E-state index in [1.54, 1.807) is 0 Å². The van der Waals surface area contributed by atoms with Crippen LogP contribution >= 0.6 is 0 Å². The van der Waals surface area contributed by atoms with Gasteiger partial charge in [-0.05, 0) is 35.6 Å². The Balaban J connectivity index is 1.42. The van der Waals surface area contributed by atoms with Gasteiger partial charge in [0.1, 0.15) is 19.1 Å². The van der Waals surface area contributed by atoms with E-state index in [-0.39, 0.29) is 42.5 Å². The maximum atomic E-state index is 12.6. The minimum absolute atomic E-state index is 0.202. The number of aryl methyl sites for hydroxylation is 1. The Morgan fingerprint density at radius 3 is 2.29 bits per heavy atom. The van der Waals surface area contributed by atoms with Crippen molar-refractivity contribution in [3.63, 3.8) is 0 Å². The number of carbonyl (C=O) groups excluding carboxylic acids is 3. The second kappa shape index (κ2) is 7.97. The fourth-order valence-corrected chi connectivity index (χ4v) is 3.94. The molecule has 0 spiro atoms. The van der Waals surface area contributed by atoms with Crippen LogP contribution in [0.5, 0.6) is 11.5 Å². The van der Waals surface area contributed by atoms with Gasteiger partial charge in [-0.1, -0.05) is 36.4 Å². The fourth-order valence-electron chi connectivity index (χ4n) is 3.94. The number of ether oxygens (including phenoxy) is 2. The molecule has 144 valence electrons. The minimum Gasteiger partial charge on any atom is -0.486 e. The van der Waals surface area contributed by atoms with E-state index in [1.807, 2.05) is 48.5 Å². The van der Waals surface area contributed by atoms with E-state index in [4.69, 9.17) is 9.47 Å². The first-order valence-electron chi connectivity index (χ1n) is 9.63. The molecule has 0 atom stereocenters. The Labute approximate surface area is 163 Å². The molecule has 5 nitrogen and oxygen atoms in total. The van der Waals surface area contributed by atoms with Crippen molar-refractivity contribution >= 4 is 17.3 Å². The van der Waals surface area contributed by atoms with E-state index in [0.29, 0.717) is 31.1 Å². The molecular formula is C23H22O5. The van der Waals surface area contributed by atoms with Gasteiger partial charge in [-0.3, -0.25) is 14.4 Å². The molecule has 2 aromatic rings. The van der Waals surface area contributed by atoms with Gasteiger partial charge in [0.05, 0.1) is 0 Å². The van der Waals surface area contributed by atoms with Crippen molar-refractivity contribution in [3.05, 3.63) is 59.7 Å². The fraction of sp³-hybridized carbons (Fsp3) is 0.348. The Morgan fingerprint density at radius 2 is 1.57 bits per heavy atom. The topological polar surface area (TPSA) is 69.7 Å². The Hall–Kier alpha value is -2.95. The molecule has 0 radical (unpaired) electrons. The summed E-state index contributed by atoms with van der Waals surface area (Å²) in [6.07, 6.45) is 1.16. The third kappa shape index (κ3) is 3.84. The highest BCUT2D eigenvalue weighted by molar-refractivity contribution is 6.21. The van der Waals surface area contributed by atoms with Crippen LogP contribution in [0.3, 0.4) is 0 Å². The SMILES string of the molecule is O=C(CCc1ccccc1)C1C(=O)CC(c2ccc3c(c2)OCCO3)CC1=O. The van der Waals surface area contributed by atoms with Crippen LogP contribution in [0.4, 0.5) is 0 Å². The van der Waals surface area contributed by atoms with Gasteiger partial charge in [-0.15, -0.1) is 0 Å². The Kier molecular flexibility index (Phi) is 5.24. The average molecular weight is 378 g/mol. The highest BCUT2D eigenvalue weighted by Gasteiger charge is 2.40. The molecule has 1 aliphatic heterocycles. The van der Waals surface area contributed by atoms with E-state index >= 15 is 0 Å². The Morgan fingerprint density at radius 1 is 0.893 bits per heavy atom. The average Bonchev–Trinajstić information content (AvgIpc) is 2.72. The standard InChI is InChI=1S/C23H22O5/c24-18(8-6-15-4-2-1-3-5-15)23-19(25)12-17(13-20(23)26)16-7-9-21-22(14-16)28-11-10-27-21/h1-5,7,9,14,17,23H,6,8,10-13H2. The van der Waals surface area contributed by atoms with Gasteiger partial charge in [0.25, 0.3) is 0 Å². The smallest absolute Gasteiger partial charge is 0.161 e. The van der Waals surface area contributed by atoms with Crippen LogP contribution in [0.15, 0.2) is 48.5 Å². The second-order valence-corrected chi connectivity index (χ2v) is 7.33. The maximum absolute atomic E-state index is 12.6. The molecule has 0 saturated heterocycles. The highest BCUT2D eigenvalue weighted by Crippen LogP contribution is 2.38. The molecule has 1 fully saturated rings. The minimum atomic E-state index is -1.10. The van der Waals surface area contributed by atoms with Gasteiger partial charge >= 0.3 is 0 Å². The lowest BCUT2D eigenvalue weighted by Gasteiger charge is -2.27. The summed E-state index contributed by atoms with van der Waals surface area (Å²) in [4.78, 5) is 37.8. The maximum Gasteiger partial charge on any atom is 0.161 e. The molecule has 1 aliphatic carbocycles. The number of hydrogen-bond donors (Lipinski definition) is 0. The molecule has 0 amide bonds. The molecule has 2 aliphatic rings. The van der Waals surface area contributed by atoms with Crippen molar-refractivity contribution in [3.8, 4) is 11.5 Å². The first kappa shape index (κ1) is 18.4. The van der Waals surface area contributed by atoms with Gasteiger partial charge < -0.3 is 9.47 Å². The third-order valence-electron chi connectivity index (χ3n) is 5.40. The number of hydrogen-bond acceptors (Lipinski definition) is 5. The summed E-state index contributed by atoms with van der Waals surface area (Å²) in [5, 5.41) is 0. The summed E-state index contributed by atoms with van der Waals surface area (Å²) >= 11 is 0. The van der Waals surface area contributed by atoms with Crippen molar-refractivity contribution in [1.82, 2.24) is 0 Å². The van der Waals surface area contributed by atoms with Gasteiger partial charge in [0.2, 0.25) is 0 Å². The van der Waals surface area contributed by atoms with Crippen LogP contribution in [0.25, 0.3) is 0 Å². The molecule has 0 bridgehead atoms. The lowest BCUT2D eigenvalue weighted by Crippen LogP contribution is -2.38. The molecule has 2 aromatic carbocycles. The largest absolute Gasteiger partial charge is 0.486 e. The van der Waals surface area contributed by atoms with Crippen LogP contribution in [-0.2, 0) is 20.8 Å². The summed E-state index contributed by atoms with van der Waals surface area (Å²) in [7, 11) is 0. The van der Waals surface area contributed by atoms with E-state index in [0.717, 1.165) is 11.1 Å². The lowest BCUT2D eigenvalue weighted by atomic mass is 9.74. The molecular weight excluding hydrogens is 356 g/mol. The summed E-state index contributed by atoms with van der Waals surface area (Å²) < 4.78 is 11.1. The van der Waals surface area contributed by atoms with Crippen LogP contribution in [-0.4, -0.2) is 30.6 Å². The number of Topliss-reactive ketones (excluding diaryl/α,β-unsaturated/α-hetero) is 3. The Bertz CT molecular complexity index is 884. The van der Waals surface area contributed by atoms with Crippen molar-refractivity contribution < 1.29 is 23.9 Å². The first-order chi connectivity index (χ1) is 13.6. The van der Waals surface area contributed by atoms with Crippen molar-refractivity contribution in [2.75, 3.05) is 13.2 Å². The number of rotatable bonds is 5. The van der Waals surface area contributed by atoms with E-state index in [2.05, 4.69) is 0 Å². The molecule has 28 heavy (non-hydrogen) atoms. The van der Waals surface area contributed by atoms with Gasteiger partial charge in [0.15, 0.2) is 28.8 Å². The summed E-state index contributed by atoms with van der Waals surface area (Å²) in [6, 6.07) is 15.1. The number of benzene rings is 2. The molecule has 1 heterocycles. The summed E-state index contributed by atoms with van der Waals surface area (Å²) in [5.74, 6) is -0.795. The van der Waals surface area contributed by atoms with Gasteiger partial charge in [-0.2, -0.15) is 0 Å². The molecule has 0 aromatic heterocycles. The van der Waals surface area contributed by atoms with Gasteiger partial charge in [-0.25, -0.2) is 0 Å². The van der Waals surface area contributed by atoms with Crippen LogP contribution < -0.4 is 9.47 Å². The van der Waals surface area contributed by atoms with Crippen molar-refractivity contribution in [1.29, 1.82) is 0 Å². The highest BCUT2D eigenvalue weighted by atomic mass is 16.6. The molecule has 0 N–H and O–H groups in total. The zero-order valence-electron chi connectivity index (χ0n) is 15.6. The van der Waals surface area contributed by atoms with Crippen molar-refractivity contribution in [2.24, 2.45) is 5.92 Å². The predicted molar refractivity (Wildman–Crippen MR) is 103 cm³/mol. The van der Waals surface area contributed by atoms with Crippen molar-refractivity contribution in [2.45, 2.75) is 31.6 Å². The number of ketones is 3. The van der Waals surface area contributed by atoms with E-state index in [1.165, 1.54) is 0 Å². The predicted octanol–water partition coefficient (Wildman–Crippen LogP) is 3.29. The lowest BCUT2D eigenvalue weighted by molar-refractivity contribution is -0.142. The molecule has 5 heteroatoms. The second-order valence-electron chi connectivity index (χ2n) is 7.33. The molecule has 4 rings (SSSR count). The first-order valence-corrected chi connectivity index (χ1v) is 9.63. The van der Waals surface area contributed by atoms with Crippen LogP contribution in [0.2, 0.25) is 0 Å². The zero-order chi connectivity index (χ0) is 19.5. The number of carbonyl (C=O) groups is 3. The number of fused-ring (bicyclic) bond motifs is 1. The van der Waals surface area contributed by atoms with E-state index < -0.39 is 5.92 Å². The van der Waals surface area contributed by atoms with Crippen LogP contribution in [0, 0.1) is 5.92 Å². The van der Waals surface area contributed by atoms with Crippen LogP contribution in [0.1, 0.15) is 36.3 Å². The quantitative estimate of drug-likeness (QED) is 0.747. The molecule has 0 unspecified atom stereocenters. The summed E-state index contributed by atoms with van der Waals surface area (Å²) in [5.41, 5.74) is 1.90. The normalized spacial score (nSPS) is 21.4. The zero-order valence-corrected chi connectivity index (χ0v) is 15.6. The third-order valence-corrected chi connectivity index (χ3v) is 5.40. The summed E-state index contributed by atoms with van der Waals surface area (Å²) in [6.45, 7) is 0.997. The van der Waals surface area contributed by atoms with E-state index in [9.17, 15) is 14.4 Å². The monoisotopic (exact) mass is 378 g/mol.